The molecule has 1 rings (SSSR count). The first-order chi connectivity index (χ1) is 10.5. The van der Waals surface area contributed by atoms with Crippen LogP contribution in [0.15, 0.2) is 24.3 Å². The minimum Gasteiger partial charge on any atom is -0.480 e. The van der Waals surface area contributed by atoms with Gasteiger partial charge >= 0.3 is 12.1 Å². The van der Waals surface area contributed by atoms with Crippen LogP contribution in [0.1, 0.15) is 26.3 Å². The molecule has 0 spiro atoms. The van der Waals surface area contributed by atoms with Crippen molar-refractivity contribution in [2.45, 2.75) is 39.1 Å². The number of aliphatic carboxylic acids is 1. The van der Waals surface area contributed by atoms with E-state index in [9.17, 15) is 22.8 Å². The summed E-state index contributed by atoms with van der Waals surface area (Å²) in [5.74, 6) is -2.90. The van der Waals surface area contributed by atoms with Gasteiger partial charge in [-0.3, -0.25) is 4.79 Å². The zero-order valence-electron chi connectivity index (χ0n) is 12.8. The summed E-state index contributed by atoms with van der Waals surface area (Å²) in [5, 5.41) is 11.3. The van der Waals surface area contributed by atoms with Crippen molar-refractivity contribution >= 4 is 11.9 Å². The molecule has 0 heterocycles. The van der Waals surface area contributed by atoms with Crippen molar-refractivity contribution in [2.24, 2.45) is 5.92 Å². The number of para-hydroxylation sites is 1. The maximum absolute atomic E-state index is 12.9. The highest BCUT2D eigenvalue weighted by atomic mass is 19.4. The van der Waals surface area contributed by atoms with Gasteiger partial charge in [0, 0.05) is 0 Å². The van der Waals surface area contributed by atoms with Crippen LogP contribution in [0, 0.1) is 5.92 Å². The molecule has 0 aliphatic rings. The number of carboxylic acid groups (broad SMARTS) is 1. The van der Waals surface area contributed by atoms with Crippen LogP contribution in [0.3, 0.4) is 0 Å². The Hall–Kier alpha value is -2.25. The molecule has 0 aromatic heterocycles. The number of carbonyl (C=O) groups excluding carboxylic acids is 1. The van der Waals surface area contributed by atoms with Crippen LogP contribution in [-0.4, -0.2) is 29.1 Å². The molecule has 2 N–H and O–H groups in total. The number of rotatable bonds is 6. The van der Waals surface area contributed by atoms with E-state index >= 15 is 0 Å². The third-order valence-electron chi connectivity index (χ3n) is 3.10. The number of ether oxygens (including phenoxy) is 1. The number of carbonyl (C=O) groups is 2. The molecule has 8 heteroatoms. The van der Waals surface area contributed by atoms with Crippen molar-refractivity contribution in [1.29, 1.82) is 0 Å². The maximum atomic E-state index is 12.9. The molecule has 0 aliphatic carbocycles. The van der Waals surface area contributed by atoms with Crippen molar-refractivity contribution in [1.82, 2.24) is 5.32 Å². The molecule has 0 fully saturated rings. The third kappa shape index (κ3) is 5.15. The SMILES string of the molecule is CC(Oc1ccccc1C(F)(F)F)C(=O)N[C@H](C(=O)O)C(C)C. The Balaban J connectivity index is 2.86. The Morgan fingerprint density at radius 2 is 1.74 bits per heavy atom. The number of hydrogen-bond acceptors (Lipinski definition) is 3. The van der Waals surface area contributed by atoms with E-state index in [1.54, 1.807) is 13.8 Å². The highest BCUT2D eigenvalue weighted by Gasteiger charge is 2.35. The van der Waals surface area contributed by atoms with E-state index in [1.165, 1.54) is 19.1 Å². The first kappa shape index (κ1) is 18.8. The van der Waals surface area contributed by atoms with Gasteiger partial charge in [0.1, 0.15) is 11.8 Å². The summed E-state index contributed by atoms with van der Waals surface area (Å²) in [6.45, 7) is 4.45. The molecule has 5 nitrogen and oxygen atoms in total. The fourth-order valence-electron chi connectivity index (χ4n) is 1.83. The van der Waals surface area contributed by atoms with Crippen LogP contribution >= 0.6 is 0 Å². The number of halogens is 3. The zero-order valence-corrected chi connectivity index (χ0v) is 12.8. The second-order valence-corrected chi connectivity index (χ2v) is 5.32. The molecule has 1 unspecified atom stereocenters. The Bertz CT molecular complexity index is 572. The Labute approximate surface area is 131 Å². The summed E-state index contributed by atoms with van der Waals surface area (Å²) in [4.78, 5) is 23.0. The molecule has 0 bridgehead atoms. The first-order valence-corrected chi connectivity index (χ1v) is 6.90. The van der Waals surface area contributed by atoms with Crippen LogP contribution < -0.4 is 10.1 Å². The van der Waals surface area contributed by atoms with Crippen molar-refractivity contribution in [3.63, 3.8) is 0 Å². The molecule has 0 saturated carbocycles. The smallest absolute Gasteiger partial charge is 0.419 e. The second kappa shape index (κ2) is 7.34. The van der Waals surface area contributed by atoms with Gasteiger partial charge in [-0.1, -0.05) is 26.0 Å². The molecule has 0 aliphatic heterocycles. The molecule has 1 aromatic carbocycles. The van der Waals surface area contributed by atoms with Crippen molar-refractivity contribution < 1.29 is 32.6 Å². The normalized spacial score (nSPS) is 14.2. The van der Waals surface area contributed by atoms with Gasteiger partial charge in [-0.25, -0.2) is 4.79 Å². The minimum absolute atomic E-state index is 0.383. The number of benzene rings is 1. The Morgan fingerprint density at radius 1 is 1.17 bits per heavy atom. The lowest BCUT2D eigenvalue weighted by Crippen LogP contribution is -2.48. The van der Waals surface area contributed by atoms with E-state index in [1.807, 2.05) is 0 Å². The average Bonchev–Trinajstić information content (AvgIpc) is 2.43. The summed E-state index contributed by atoms with van der Waals surface area (Å²) in [5.41, 5.74) is -1.00. The number of amides is 1. The minimum atomic E-state index is -4.62. The van der Waals surface area contributed by atoms with Crippen LogP contribution in [0.4, 0.5) is 13.2 Å². The second-order valence-electron chi connectivity index (χ2n) is 5.32. The Kier molecular flexibility index (Phi) is 6.00. The summed E-state index contributed by atoms with van der Waals surface area (Å²) in [6, 6.07) is 3.35. The van der Waals surface area contributed by atoms with Crippen molar-refractivity contribution in [3.8, 4) is 5.75 Å². The fourth-order valence-corrected chi connectivity index (χ4v) is 1.83. The van der Waals surface area contributed by atoms with Crippen LogP contribution in [0.2, 0.25) is 0 Å². The lowest BCUT2D eigenvalue weighted by atomic mass is 10.0. The third-order valence-corrected chi connectivity index (χ3v) is 3.10. The number of carboxylic acids is 1. The molecular weight excluding hydrogens is 315 g/mol. The predicted octanol–water partition coefficient (Wildman–Crippen LogP) is 2.70. The maximum Gasteiger partial charge on any atom is 0.419 e. The van der Waals surface area contributed by atoms with Crippen molar-refractivity contribution in [3.05, 3.63) is 29.8 Å². The summed E-state index contributed by atoms with van der Waals surface area (Å²) >= 11 is 0. The summed E-state index contributed by atoms with van der Waals surface area (Å²) < 4.78 is 43.7. The summed E-state index contributed by atoms with van der Waals surface area (Å²) in [6.07, 6.45) is -5.90. The van der Waals surface area contributed by atoms with Gasteiger partial charge in [0.15, 0.2) is 6.10 Å². The Morgan fingerprint density at radius 3 is 2.22 bits per heavy atom. The molecule has 128 valence electrons. The van der Waals surface area contributed by atoms with E-state index < -0.39 is 41.5 Å². The average molecular weight is 333 g/mol. The standard InChI is InChI=1S/C15H18F3NO4/c1-8(2)12(14(21)22)19-13(20)9(3)23-11-7-5-4-6-10(11)15(16,17)18/h4-9,12H,1-3H3,(H,19,20)(H,21,22)/t9?,12-/m0/s1. The molecule has 1 amide bonds. The van der Waals surface area contributed by atoms with Gasteiger partial charge < -0.3 is 15.2 Å². The highest BCUT2D eigenvalue weighted by molar-refractivity contribution is 5.86. The topological polar surface area (TPSA) is 75.6 Å². The quantitative estimate of drug-likeness (QED) is 0.839. The van der Waals surface area contributed by atoms with Crippen LogP contribution in [-0.2, 0) is 15.8 Å². The van der Waals surface area contributed by atoms with Gasteiger partial charge in [-0.05, 0) is 25.0 Å². The van der Waals surface area contributed by atoms with Gasteiger partial charge in [-0.2, -0.15) is 13.2 Å². The zero-order chi connectivity index (χ0) is 17.8. The molecular formula is C15H18F3NO4. The van der Waals surface area contributed by atoms with Crippen LogP contribution in [0.5, 0.6) is 5.75 Å². The number of alkyl halides is 3. The molecule has 23 heavy (non-hydrogen) atoms. The number of hydrogen-bond donors (Lipinski definition) is 2. The molecule has 0 saturated heterocycles. The first-order valence-electron chi connectivity index (χ1n) is 6.90. The lowest BCUT2D eigenvalue weighted by molar-refractivity contribution is -0.144. The van der Waals surface area contributed by atoms with Gasteiger partial charge in [-0.15, -0.1) is 0 Å². The largest absolute Gasteiger partial charge is 0.480 e. The monoisotopic (exact) mass is 333 g/mol. The van der Waals surface area contributed by atoms with Gasteiger partial charge in [0.25, 0.3) is 5.91 Å². The summed E-state index contributed by atoms with van der Waals surface area (Å²) in [7, 11) is 0. The van der Waals surface area contributed by atoms with E-state index in [0.717, 1.165) is 12.1 Å². The number of nitrogens with one attached hydrogen (secondary N) is 1. The van der Waals surface area contributed by atoms with Gasteiger partial charge in [0.2, 0.25) is 0 Å². The lowest BCUT2D eigenvalue weighted by Gasteiger charge is -2.22. The van der Waals surface area contributed by atoms with Crippen molar-refractivity contribution in [2.75, 3.05) is 0 Å². The van der Waals surface area contributed by atoms with Gasteiger partial charge in [0.05, 0.1) is 5.56 Å². The fraction of sp³-hybridized carbons (Fsp3) is 0.467. The van der Waals surface area contributed by atoms with Crippen LogP contribution in [0.25, 0.3) is 0 Å². The highest BCUT2D eigenvalue weighted by Crippen LogP contribution is 2.36. The van der Waals surface area contributed by atoms with E-state index in [0.29, 0.717) is 0 Å². The molecule has 1 aromatic rings. The molecule has 0 radical (unpaired) electrons. The predicted molar refractivity (Wildman–Crippen MR) is 75.9 cm³/mol. The van der Waals surface area contributed by atoms with E-state index in [-0.39, 0.29) is 5.92 Å². The molecule has 2 atom stereocenters. The van der Waals surface area contributed by atoms with E-state index in [2.05, 4.69) is 5.32 Å². The van der Waals surface area contributed by atoms with E-state index in [4.69, 9.17) is 9.84 Å².